The van der Waals surface area contributed by atoms with Gasteiger partial charge in [-0.3, -0.25) is 19.2 Å². The second kappa shape index (κ2) is 11.0. The van der Waals surface area contributed by atoms with Crippen molar-refractivity contribution in [2.75, 3.05) is 0 Å². The average molecular weight is 551 g/mol. The largest absolute Gasteiger partial charge is 0.348 e. The number of fused-ring (bicyclic) bond motifs is 3. The number of hydrogen-bond donors (Lipinski definition) is 1. The standard InChI is InChI=1S/C34H22N4O4/c35-15-31-27-11-23(19-39)25(33(40)37-17-21-7-3-1-4-8-21)13-29(27)32(16-36)28-12-24-20-42-38(18-22-9-5-2-6-10-22)34(41)26(24)14-30(28)31/h1-14,19H,17-18,20H2,(H,37,40). The molecule has 5 aromatic carbocycles. The molecule has 0 atom stereocenters. The van der Waals surface area contributed by atoms with E-state index in [1.807, 2.05) is 60.7 Å². The molecule has 0 unspecified atom stereocenters. The van der Waals surface area contributed by atoms with Crippen molar-refractivity contribution in [3.8, 4) is 12.1 Å². The molecule has 42 heavy (non-hydrogen) atoms. The SMILES string of the molecule is N#Cc1c2cc3c(cc2c(C#N)c2cc(C=O)c(C(=O)NCc4ccccc4)cc12)C(=O)N(Cc1ccccc1)OC3. The molecule has 202 valence electrons. The Morgan fingerprint density at radius 1 is 0.857 bits per heavy atom. The normalized spacial score (nSPS) is 12.4. The summed E-state index contributed by atoms with van der Waals surface area (Å²) in [6.45, 7) is 0.608. The zero-order chi connectivity index (χ0) is 29.2. The maximum atomic E-state index is 13.4. The van der Waals surface area contributed by atoms with Crippen molar-refractivity contribution >= 4 is 39.6 Å². The van der Waals surface area contributed by atoms with Crippen LogP contribution in [0.3, 0.4) is 0 Å². The zero-order valence-corrected chi connectivity index (χ0v) is 22.3. The first-order valence-corrected chi connectivity index (χ1v) is 13.2. The molecule has 0 saturated carbocycles. The van der Waals surface area contributed by atoms with E-state index >= 15 is 0 Å². The van der Waals surface area contributed by atoms with Gasteiger partial charge in [0.25, 0.3) is 11.8 Å². The number of benzene rings is 5. The molecular weight excluding hydrogens is 528 g/mol. The molecule has 0 spiro atoms. The van der Waals surface area contributed by atoms with Crippen LogP contribution in [0.2, 0.25) is 0 Å². The smallest absolute Gasteiger partial charge is 0.278 e. The number of hydrogen-bond acceptors (Lipinski definition) is 6. The molecule has 1 aliphatic rings. The Morgan fingerprint density at radius 3 is 2.10 bits per heavy atom. The molecule has 2 amide bonds. The molecule has 0 aromatic heterocycles. The molecule has 1 N–H and O–H groups in total. The Balaban J connectivity index is 1.46. The molecule has 1 heterocycles. The van der Waals surface area contributed by atoms with Gasteiger partial charge in [-0.05, 0) is 41.0 Å². The number of nitriles is 2. The van der Waals surface area contributed by atoms with Gasteiger partial charge in [0.05, 0.1) is 23.2 Å². The lowest BCUT2D eigenvalue weighted by molar-refractivity contribution is -0.146. The highest BCUT2D eigenvalue weighted by atomic mass is 16.7. The first-order chi connectivity index (χ1) is 20.5. The van der Waals surface area contributed by atoms with Crippen LogP contribution in [0.15, 0.2) is 84.9 Å². The van der Waals surface area contributed by atoms with Crippen molar-refractivity contribution in [3.05, 3.63) is 129 Å². The highest BCUT2D eigenvalue weighted by molar-refractivity contribution is 6.15. The van der Waals surface area contributed by atoms with Crippen LogP contribution < -0.4 is 5.32 Å². The molecule has 0 bridgehead atoms. The minimum absolute atomic E-state index is 0.0873. The summed E-state index contributed by atoms with van der Waals surface area (Å²) in [4.78, 5) is 44.5. The Kier molecular flexibility index (Phi) is 6.90. The molecule has 8 nitrogen and oxygen atoms in total. The van der Waals surface area contributed by atoms with Crippen molar-refractivity contribution < 1.29 is 19.2 Å². The number of aldehydes is 1. The van der Waals surface area contributed by atoms with E-state index in [9.17, 15) is 24.9 Å². The highest BCUT2D eigenvalue weighted by Crippen LogP contribution is 2.37. The van der Waals surface area contributed by atoms with Crippen molar-refractivity contribution in [1.82, 2.24) is 10.4 Å². The van der Waals surface area contributed by atoms with Gasteiger partial charge in [0, 0.05) is 39.2 Å². The molecule has 0 aliphatic carbocycles. The van der Waals surface area contributed by atoms with E-state index in [4.69, 9.17) is 4.84 Å². The fourth-order valence-corrected chi connectivity index (χ4v) is 5.31. The molecule has 8 heteroatoms. The quantitative estimate of drug-likeness (QED) is 0.218. The molecule has 6 rings (SSSR count). The summed E-state index contributed by atoms with van der Waals surface area (Å²) in [6.07, 6.45) is 0.559. The maximum Gasteiger partial charge on any atom is 0.278 e. The van der Waals surface area contributed by atoms with Gasteiger partial charge in [-0.15, -0.1) is 0 Å². The van der Waals surface area contributed by atoms with E-state index in [0.29, 0.717) is 39.0 Å². The van der Waals surface area contributed by atoms with Crippen LogP contribution in [-0.2, 0) is 24.5 Å². The van der Waals surface area contributed by atoms with E-state index in [-0.39, 0.29) is 47.9 Å². The Bertz CT molecular complexity index is 1990. The zero-order valence-electron chi connectivity index (χ0n) is 22.3. The van der Waals surface area contributed by atoms with Crippen LogP contribution in [0.4, 0.5) is 0 Å². The summed E-state index contributed by atoms with van der Waals surface area (Å²) in [6, 6.07) is 29.5. The fraction of sp³-hybridized carbons (Fsp3) is 0.0882. The third kappa shape index (κ3) is 4.62. The van der Waals surface area contributed by atoms with E-state index in [1.165, 1.54) is 17.2 Å². The van der Waals surface area contributed by atoms with Gasteiger partial charge in [-0.25, -0.2) is 5.06 Å². The fourth-order valence-electron chi connectivity index (χ4n) is 5.31. The van der Waals surface area contributed by atoms with Crippen LogP contribution in [0.1, 0.15) is 58.9 Å². The minimum Gasteiger partial charge on any atom is -0.348 e. The van der Waals surface area contributed by atoms with E-state index in [0.717, 1.165) is 11.1 Å². The number of hydroxylamine groups is 2. The van der Waals surface area contributed by atoms with Crippen LogP contribution in [0.5, 0.6) is 0 Å². The topological polar surface area (TPSA) is 123 Å². The Hall–Kier alpha value is -5.83. The number of rotatable bonds is 6. The summed E-state index contributed by atoms with van der Waals surface area (Å²) in [5.74, 6) is -0.836. The van der Waals surface area contributed by atoms with Crippen molar-refractivity contribution in [2.45, 2.75) is 19.7 Å². The number of nitrogens with one attached hydrogen (secondary N) is 1. The first-order valence-electron chi connectivity index (χ1n) is 13.2. The third-order valence-electron chi connectivity index (χ3n) is 7.40. The predicted molar refractivity (Wildman–Crippen MR) is 155 cm³/mol. The van der Waals surface area contributed by atoms with Crippen LogP contribution >= 0.6 is 0 Å². The number of carbonyl (C=O) groups excluding carboxylic acids is 3. The van der Waals surface area contributed by atoms with Gasteiger partial charge in [-0.1, -0.05) is 60.7 Å². The van der Waals surface area contributed by atoms with Crippen molar-refractivity contribution in [3.63, 3.8) is 0 Å². The number of nitrogens with zero attached hydrogens (tertiary/aromatic N) is 3. The lowest BCUT2D eigenvalue weighted by atomic mass is 9.87. The number of amides is 2. The number of carbonyl (C=O) groups is 3. The minimum atomic E-state index is -0.478. The Labute approximate surface area is 240 Å². The summed E-state index contributed by atoms with van der Waals surface area (Å²) in [5.41, 5.74) is 3.36. The second-order valence-corrected chi connectivity index (χ2v) is 9.90. The van der Waals surface area contributed by atoms with Gasteiger partial charge in [0.2, 0.25) is 0 Å². The molecule has 1 aliphatic heterocycles. The summed E-state index contributed by atoms with van der Waals surface area (Å²) in [7, 11) is 0. The Morgan fingerprint density at radius 2 is 1.45 bits per heavy atom. The molecule has 0 radical (unpaired) electrons. The first kappa shape index (κ1) is 26.4. The third-order valence-corrected chi connectivity index (χ3v) is 7.40. The van der Waals surface area contributed by atoms with Crippen molar-refractivity contribution in [1.29, 1.82) is 10.5 Å². The second-order valence-electron chi connectivity index (χ2n) is 9.90. The van der Waals surface area contributed by atoms with Crippen LogP contribution in [0, 0.1) is 22.7 Å². The van der Waals surface area contributed by atoms with Gasteiger partial charge in [0.1, 0.15) is 18.7 Å². The summed E-state index contributed by atoms with van der Waals surface area (Å²) >= 11 is 0. The van der Waals surface area contributed by atoms with Gasteiger partial charge < -0.3 is 5.32 Å². The molecular formula is C34H22N4O4. The lowest BCUT2D eigenvalue weighted by Gasteiger charge is -2.28. The van der Waals surface area contributed by atoms with Gasteiger partial charge in [-0.2, -0.15) is 10.5 Å². The predicted octanol–water partition coefficient (Wildman–Crippen LogP) is 5.57. The van der Waals surface area contributed by atoms with Gasteiger partial charge >= 0.3 is 0 Å². The van der Waals surface area contributed by atoms with Crippen molar-refractivity contribution in [2.24, 2.45) is 0 Å². The van der Waals surface area contributed by atoms with E-state index in [1.54, 1.807) is 12.1 Å². The summed E-state index contributed by atoms with van der Waals surface area (Å²) < 4.78 is 0. The lowest BCUT2D eigenvalue weighted by Crippen LogP contribution is -2.35. The van der Waals surface area contributed by atoms with E-state index < -0.39 is 5.91 Å². The van der Waals surface area contributed by atoms with E-state index in [2.05, 4.69) is 17.5 Å². The molecule has 0 saturated heterocycles. The average Bonchev–Trinajstić information content (AvgIpc) is 3.03. The summed E-state index contributed by atoms with van der Waals surface area (Å²) in [5, 5.41) is 26.2. The molecule has 5 aromatic rings. The van der Waals surface area contributed by atoms with Gasteiger partial charge in [0.15, 0.2) is 6.29 Å². The molecule has 0 fully saturated rings. The maximum absolute atomic E-state index is 13.4. The van der Waals surface area contributed by atoms with Crippen LogP contribution in [0.25, 0.3) is 21.5 Å². The van der Waals surface area contributed by atoms with Crippen LogP contribution in [-0.4, -0.2) is 23.2 Å². The highest BCUT2D eigenvalue weighted by Gasteiger charge is 2.28. The monoisotopic (exact) mass is 550 g/mol.